The maximum Gasteiger partial charge on any atom is -0.0474 e. The first-order chi connectivity index (χ1) is 3.68. The summed E-state index contributed by atoms with van der Waals surface area (Å²) in [5.41, 5.74) is 0. The highest BCUT2D eigenvalue weighted by atomic mass is 19.0. The van der Waals surface area contributed by atoms with Gasteiger partial charge in [0.1, 0.15) is 0 Å². The lowest BCUT2D eigenvalue weighted by Crippen LogP contribution is -1.77. The molecular weight excluding hydrogens is 115 g/mol. The zero-order chi connectivity index (χ0) is 6.99. The van der Waals surface area contributed by atoms with Crippen molar-refractivity contribution in [2.24, 2.45) is 5.92 Å². The third-order valence-electron chi connectivity index (χ3n) is 0.816. The molecule has 0 heterocycles. The quantitative estimate of drug-likeness (QED) is 0.516. The van der Waals surface area contributed by atoms with Gasteiger partial charge in [-0.1, -0.05) is 47.5 Å². The SMILES string of the molecule is CCC.CCC(C)C.F. The summed E-state index contributed by atoms with van der Waals surface area (Å²) in [5.74, 6) is 0.884. The van der Waals surface area contributed by atoms with E-state index in [4.69, 9.17) is 0 Å². The largest absolute Gasteiger partial charge is 0.269 e. The normalized spacial score (nSPS) is 7.33. The van der Waals surface area contributed by atoms with Crippen molar-refractivity contribution in [2.45, 2.75) is 47.5 Å². The first-order valence-corrected chi connectivity index (χ1v) is 3.68. The van der Waals surface area contributed by atoms with Crippen LogP contribution < -0.4 is 0 Å². The molecule has 0 aliphatic heterocycles. The Balaban J connectivity index is -0.0000000800. The highest BCUT2D eigenvalue weighted by Crippen LogP contribution is 1.93. The van der Waals surface area contributed by atoms with Crippen molar-refractivity contribution in [3.63, 3.8) is 0 Å². The van der Waals surface area contributed by atoms with Crippen LogP contribution in [0.15, 0.2) is 0 Å². The molecule has 1 heteroatoms. The molecule has 0 amide bonds. The summed E-state index contributed by atoms with van der Waals surface area (Å²) >= 11 is 0. The van der Waals surface area contributed by atoms with Gasteiger partial charge in [0.25, 0.3) is 0 Å². The molecule has 0 spiro atoms. The lowest BCUT2D eigenvalue weighted by Gasteiger charge is -1.90. The summed E-state index contributed by atoms with van der Waals surface area (Å²) in [4.78, 5) is 0. The van der Waals surface area contributed by atoms with Crippen LogP contribution in [-0.2, 0) is 0 Å². The van der Waals surface area contributed by atoms with Crippen molar-refractivity contribution < 1.29 is 4.70 Å². The highest BCUT2D eigenvalue weighted by molar-refractivity contribution is 4.32. The second kappa shape index (κ2) is 15.7. The van der Waals surface area contributed by atoms with Crippen LogP contribution in [0.5, 0.6) is 0 Å². The van der Waals surface area contributed by atoms with E-state index in [1.165, 1.54) is 12.8 Å². The maximum atomic E-state index is 2.22. The van der Waals surface area contributed by atoms with Crippen molar-refractivity contribution in [3.8, 4) is 0 Å². The summed E-state index contributed by atoms with van der Waals surface area (Å²) in [6, 6.07) is 0. The molecule has 0 aromatic heterocycles. The fourth-order valence-electron chi connectivity index (χ4n) is 0. The van der Waals surface area contributed by atoms with Gasteiger partial charge in [-0.25, -0.2) is 0 Å². The molecule has 0 saturated carbocycles. The minimum atomic E-state index is 0. The van der Waals surface area contributed by atoms with Crippen molar-refractivity contribution in [1.82, 2.24) is 0 Å². The summed E-state index contributed by atoms with van der Waals surface area (Å²) in [7, 11) is 0. The van der Waals surface area contributed by atoms with E-state index in [9.17, 15) is 0 Å². The highest BCUT2D eigenvalue weighted by Gasteiger charge is 1.80. The van der Waals surface area contributed by atoms with Crippen LogP contribution in [0, 0.1) is 5.92 Å². The molecule has 0 nitrogen and oxygen atoms in total. The number of hydrogen-bond acceptors (Lipinski definition) is 0. The maximum absolute atomic E-state index is 2.22. The Labute approximate surface area is 59.0 Å². The van der Waals surface area contributed by atoms with Gasteiger partial charge in [-0.3, -0.25) is 4.70 Å². The van der Waals surface area contributed by atoms with Gasteiger partial charge < -0.3 is 0 Å². The molecule has 0 saturated heterocycles. The van der Waals surface area contributed by atoms with Gasteiger partial charge in [0.15, 0.2) is 0 Å². The smallest absolute Gasteiger partial charge is 0.0474 e. The van der Waals surface area contributed by atoms with Gasteiger partial charge in [-0.05, 0) is 5.92 Å². The van der Waals surface area contributed by atoms with Gasteiger partial charge in [0.2, 0.25) is 0 Å². The molecule has 0 aromatic carbocycles. The van der Waals surface area contributed by atoms with E-state index < -0.39 is 0 Å². The number of rotatable bonds is 1. The molecule has 0 rings (SSSR count). The molecular formula is C8H21F. The Morgan fingerprint density at radius 1 is 1.00 bits per heavy atom. The van der Waals surface area contributed by atoms with Crippen LogP contribution in [0.3, 0.4) is 0 Å². The predicted octanol–water partition coefficient (Wildman–Crippen LogP) is 3.62. The van der Waals surface area contributed by atoms with Gasteiger partial charge in [-0.2, -0.15) is 0 Å². The average molecular weight is 136 g/mol. The molecule has 0 radical (unpaired) electrons. The lowest BCUT2D eigenvalue weighted by atomic mass is 10.2. The second-order valence-corrected chi connectivity index (χ2v) is 2.51. The minimum Gasteiger partial charge on any atom is -0.269 e. The molecule has 9 heavy (non-hydrogen) atoms. The van der Waals surface area contributed by atoms with Crippen LogP contribution in [0.1, 0.15) is 47.5 Å². The first-order valence-electron chi connectivity index (χ1n) is 3.68. The monoisotopic (exact) mass is 136 g/mol. The van der Waals surface area contributed by atoms with E-state index in [1.54, 1.807) is 0 Å². The minimum absolute atomic E-state index is 0. The third-order valence-corrected chi connectivity index (χ3v) is 0.816. The van der Waals surface area contributed by atoms with E-state index >= 15 is 0 Å². The molecule has 0 bridgehead atoms. The molecule has 0 fully saturated rings. The van der Waals surface area contributed by atoms with Crippen LogP contribution in [-0.4, -0.2) is 0 Å². The number of hydrogen-bond donors (Lipinski definition) is 0. The molecule has 0 N–H and O–H groups in total. The van der Waals surface area contributed by atoms with Crippen molar-refractivity contribution in [2.75, 3.05) is 0 Å². The Hall–Kier alpha value is -0.0700. The van der Waals surface area contributed by atoms with Crippen molar-refractivity contribution >= 4 is 0 Å². The molecule has 0 unspecified atom stereocenters. The topological polar surface area (TPSA) is 0 Å². The van der Waals surface area contributed by atoms with E-state index in [2.05, 4.69) is 34.6 Å². The third kappa shape index (κ3) is 74.9. The molecule has 0 atom stereocenters. The lowest BCUT2D eigenvalue weighted by molar-refractivity contribution is 0.626. The van der Waals surface area contributed by atoms with Crippen LogP contribution in [0.25, 0.3) is 0 Å². The van der Waals surface area contributed by atoms with E-state index in [1.807, 2.05) is 0 Å². The Bertz CT molecular complexity index is 25.7. The molecule has 0 aromatic rings. The molecule has 0 aliphatic carbocycles. The van der Waals surface area contributed by atoms with Gasteiger partial charge in [0.05, 0.1) is 0 Å². The van der Waals surface area contributed by atoms with E-state index in [-0.39, 0.29) is 4.70 Å². The number of halogens is 1. The Morgan fingerprint density at radius 3 is 1.11 bits per heavy atom. The van der Waals surface area contributed by atoms with E-state index in [0.29, 0.717) is 0 Å². The van der Waals surface area contributed by atoms with Crippen molar-refractivity contribution in [1.29, 1.82) is 0 Å². The zero-order valence-corrected chi connectivity index (χ0v) is 7.40. The van der Waals surface area contributed by atoms with Crippen LogP contribution in [0.4, 0.5) is 4.70 Å². The van der Waals surface area contributed by atoms with Crippen molar-refractivity contribution in [3.05, 3.63) is 0 Å². The Morgan fingerprint density at radius 2 is 1.11 bits per heavy atom. The first kappa shape index (κ1) is 16.0. The molecule has 0 aliphatic rings. The fourth-order valence-corrected chi connectivity index (χ4v) is 0. The van der Waals surface area contributed by atoms with Gasteiger partial charge in [0, 0.05) is 0 Å². The van der Waals surface area contributed by atoms with Crippen LogP contribution in [0.2, 0.25) is 0 Å². The summed E-state index contributed by atoms with van der Waals surface area (Å²) < 4.78 is 0. The Kier molecular flexibility index (Phi) is 27.8. The molecule has 60 valence electrons. The summed E-state index contributed by atoms with van der Waals surface area (Å²) in [6.07, 6.45) is 2.56. The predicted molar refractivity (Wildman–Crippen MR) is 43.6 cm³/mol. The average Bonchev–Trinajstić information content (AvgIpc) is 1.69. The van der Waals surface area contributed by atoms with Gasteiger partial charge in [-0.15, -0.1) is 0 Å². The van der Waals surface area contributed by atoms with Gasteiger partial charge >= 0.3 is 0 Å². The zero-order valence-electron chi connectivity index (χ0n) is 7.40. The summed E-state index contributed by atoms with van der Waals surface area (Å²) in [5, 5.41) is 0. The summed E-state index contributed by atoms with van der Waals surface area (Å²) in [6.45, 7) is 10.9. The standard InChI is InChI=1S/C5H12.C3H8.FH/c1-4-5(2)3;1-3-2;/h5H,4H2,1-3H3;3H2,1-2H3;1H. The second-order valence-electron chi connectivity index (χ2n) is 2.51. The fraction of sp³-hybridized carbons (Fsp3) is 1.00. The van der Waals surface area contributed by atoms with E-state index in [0.717, 1.165) is 5.92 Å². The van der Waals surface area contributed by atoms with Crippen LogP contribution >= 0.6 is 0 Å².